The summed E-state index contributed by atoms with van der Waals surface area (Å²) in [5.74, 6) is -0.854. The van der Waals surface area contributed by atoms with E-state index in [1.165, 1.54) is 0 Å². The fraction of sp³-hybridized carbons (Fsp3) is 0.267. The third kappa shape index (κ3) is 3.32. The topological polar surface area (TPSA) is 72.2 Å². The van der Waals surface area contributed by atoms with Gasteiger partial charge in [0.1, 0.15) is 0 Å². The summed E-state index contributed by atoms with van der Waals surface area (Å²) in [7, 11) is 0. The molecule has 5 nitrogen and oxygen atoms in total. The predicted octanol–water partition coefficient (Wildman–Crippen LogP) is 1.54. The van der Waals surface area contributed by atoms with E-state index in [2.05, 4.69) is 4.98 Å². The maximum atomic E-state index is 11.9. The highest BCUT2D eigenvalue weighted by Crippen LogP contribution is 2.08. The predicted molar refractivity (Wildman–Crippen MR) is 74.9 cm³/mol. The minimum absolute atomic E-state index is 0.00530. The van der Waals surface area contributed by atoms with Gasteiger partial charge in [0.15, 0.2) is 0 Å². The number of carboxylic acids is 1. The Hall–Kier alpha value is -2.43. The zero-order chi connectivity index (χ0) is 14.7. The summed E-state index contributed by atoms with van der Waals surface area (Å²) >= 11 is 0. The summed E-state index contributed by atoms with van der Waals surface area (Å²) < 4.78 is 1.60. The van der Waals surface area contributed by atoms with Crippen molar-refractivity contribution >= 4 is 5.97 Å². The number of aryl methyl sites for hydroxylation is 2. The smallest absolute Gasteiger partial charge is 0.348 e. The average Bonchev–Trinajstić information content (AvgIpc) is 2.35. The van der Waals surface area contributed by atoms with Gasteiger partial charge in [-0.15, -0.1) is 0 Å². The standard InChI is InChI=1S/C15H16N2O3/c1-10-7-11(2)17(15(20)16-10)9-13-5-3-12(4-6-13)8-14(18)19/h3-7H,8-9H2,1-2H3,(H,18,19). The maximum absolute atomic E-state index is 11.9. The van der Waals surface area contributed by atoms with Crippen molar-refractivity contribution in [3.63, 3.8) is 0 Å². The van der Waals surface area contributed by atoms with Crippen LogP contribution in [0.25, 0.3) is 0 Å². The maximum Gasteiger partial charge on any atom is 0.348 e. The molecule has 0 spiro atoms. The van der Waals surface area contributed by atoms with Crippen molar-refractivity contribution < 1.29 is 9.90 Å². The quantitative estimate of drug-likeness (QED) is 0.916. The monoisotopic (exact) mass is 272 g/mol. The van der Waals surface area contributed by atoms with Crippen LogP contribution in [0, 0.1) is 13.8 Å². The van der Waals surface area contributed by atoms with Crippen LogP contribution in [0.5, 0.6) is 0 Å². The van der Waals surface area contributed by atoms with E-state index < -0.39 is 5.97 Å². The number of nitrogens with zero attached hydrogens (tertiary/aromatic N) is 2. The summed E-state index contributed by atoms with van der Waals surface area (Å²) in [5, 5.41) is 8.72. The van der Waals surface area contributed by atoms with Crippen LogP contribution in [-0.2, 0) is 17.8 Å². The Bertz CT molecular complexity index is 687. The SMILES string of the molecule is Cc1cc(C)n(Cc2ccc(CC(=O)O)cc2)c(=O)n1. The van der Waals surface area contributed by atoms with E-state index in [9.17, 15) is 9.59 Å². The van der Waals surface area contributed by atoms with Gasteiger partial charge in [0.05, 0.1) is 13.0 Å². The zero-order valence-corrected chi connectivity index (χ0v) is 11.5. The third-order valence-corrected chi connectivity index (χ3v) is 3.07. The molecule has 0 bridgehead atoms. The normalized spacial score (nSPS) is 10.5. The van der Waals surface area contributed by atoms with Crippen molar-refractivity contribution in [3.05, 3.63) is 63.3 Å². The van der Waals surface area contributed by atoms with Crippen molar-refractivity contribution in [1.82, 2.24) is 9.55 Å². The second-order valence-corrected chi connectivity index (χ2v) is 4.79. The van der Waals surface area contributed by atoms with Crippen molar-refractivity contribution in [1.29, 1.82) is 0 Å². The average molecular weight is 272 g/mol. The lowest BCUT2D eigenvalue weighted by Crippen LogP contribution is -2.26. The molecule has 1 N–H and O–H groups in total. The lowest BCUT2D eigenvalue weighted by Gasteiger charge is -2.10. The molecule has 1 aromatic carbocycles. The number of hydrogen-bond donors (Lipinski definition) is 1. The minimum atomic E-state index is -0.854. The molecule has 0 aliphatic carbocycles. The number of carbonyl (C=O) groups is 1. The van der Waals surface area contributed by atoms with Gasteiger partial charge in [-0.05, 0) is 31.0 Å². The lowest BCUT2D eigenvalue weighted by molar-refractivity contribution is -0.136. The zero-order valence-electron chi connectivity index (χ0n) is 11.5. The molecule has 0 radical (unpaired) electrons. The number of aliphatic carboxylic acids is 1. The highest BCUT2D eigenvalue weighted by Gasteiger charge is 2.05. The Morgan fingerprint density at radius 1 is 1.20 bits per heavy atom. The number of carboxylic acid groups (broad SMARTS) is 1. The van der Waals surface area contributed by atoms with E-state index in [-0.39, 0.29) is 12.1 Å². The van der Waals surface area contributed by atoms with Gasteiger partial charge in [-0.2, -0.15) is 4.98 Å². The molecule has 0 fully saturated rings. The van der Waals surface area contributed by atoms with E-state index in [1.807, 2.05) is 25.1 Å². The molecule has 0 aliphatic rings. The molecule has 1 aromatic heterocycles. The summed E-state index contributed by atoms with van der Waals surface area (Å²) in [6.45, 7) is 4.10. The molecule has 5 heteroatoms. The van der Waals surface area contributed by atoms with Gasteiger partial charge in [-0.3, -0.25) is 9.36 Å². The summed E-state index contributed by atoms with van der Waals surface area (Å²) in [6.07, 6.45) is 0.00530. The van der Waals surface area contributed by atoms with E-state index in [1.54, 1.807) is 23.6 Å². The van der Waals surface area contributed by atoms with Gasteiger partial charge in [0, 0.05) is 11.4 Å². The molecule has 0 unspecified atom stereocenters. The van der Waals surface area contributed by atoms with Crippen molar-refractivity contribution in [2.75, 3.05) is 0 Å². The van der Waals surface area contributed by atoms with Crippen LogP contribution in [0.15, 0.2) is 35.1 Å². The van der Waals surface area contributed by atoms with Crippen LogP contribution in [0.2, 0.25) is 0 Å². The Labute approximate surface area is 116 Å². The highest BCUT2D eigenvalue weighted by atomic mass is 16.4. The van der Waals surface area contributed by atoms with Gasteiger partial charge in [-0.1, -0.05) is 24.3 Å². The fourth-order valence-corrected chi connectivity index (χ4v) is 2.09. The Morgan fingerprint density at radius 3 is 2.35 bits per heavy atom. The Kier molecular flexibility index (Phi) is 3.98. The van der Waals surface area contributed by atoms with Gasteiger partial charge >= 0.3 is 11.7 Å². The number of aromatic nitrogens is 2. The number of rotatable bonds is 4. The van der Waals surface area contributed by atoms with Gasteiger partial charge in [0.2, 0.25) is 0 Å². The lowest BCUT2D eigenvalue weighted by atomic mass is 10.1. The molecule has 0 amide bonds. The molecule has 1 heterocycles. The first kappa shape index (κ1) is 14.0. The summed E-state index contributed by atoms with van der Waals surface area (Å²) in [6, 6.07) is 9.07. The Morgan fingerprint density at radius 2 is 1.80 bits per heavy atom. The second kappa shape index (κ2) is 5.69. The summed E-state index contributed by atoms with van der Waals surface area (Å²) in [5.41, 5.74) is 2.98. The molecule has 2 rings (SSSR count). The van der Waals surface area contributed by atoms with Crippen molar-refractivity contribution in [3.8, 4) is 0 Å². The fourth-order valence-electron chi connectivity index (χ4n) is 2.09. The van der Waals surface area contributed by atoms with E-state index in [0.29, 0.717) is 12.2 Å². The molecule has 0 saturated heterocycles. The number of benzene rings is 1. The van der Waals surface area contributed by atoms with Crippen LogP contribution < -0.4 is 5.69 Å². The molecule has 0 aliphatic heterocycles. The van der Waals surface area contributed by atoms with Gasteiger partial charge < -0.3 is 5.11 Å². The third-order valence-electron chi connectivity index (χ3n) is 3.07. The molecule has 2 aromatic rings. The molecule has 104 valence electrons. The van der Waals surface area contributed by atoms with Gasteiger partial charge in [0.25, 0.3) is 0 Å². The van der Waals surface area contributed by atoms with E-state index in [4.69, 9.17) is 5.11 Å². The highest BCUT2D eigenvalue weighted by molar-refractivity contribution is 5.70. The first-order valence-corrected chi connectivity index (χ1v) is 6.30. The van der Waals surface area contributed by atoms with Crippen molar-refractivity contribution in [2.24, 2.45) is 0 Å². The first-order chi connectivity index (χ1) is 9.45. The molecule has 0 saturated carbocycles. The first-order valence-electron chi connectivity index (χ1n) is 6.30. The van der Waals surface area contributed by atoms with Crippen molar-refractivity contribution in [2.45, 2.75) is 26.8 Å². The van der Waals surface area contributed by atoms with E-state index in [0.717, 1.165) is 16.8 Å². The van der Waals surface area contributed by atoms with Crippen LogP contribution in [0.4, 0.5) is 0 Å². The largest absolute Gasteiger partial charge is 0.481 e. The number of hydrogen-bond acceptors (Lipinski definition) is 3. The minimum Gasteiger partial charge on any atom is -0.481 e. The van der Waals surface area contributed by atoms with Gasteiger partial charge in [-0.25, -0.2) is 4.79 Å². The van der Waals surface area contributed by atoms with Crippen LogP contribution in [0.3, 0.4) is 0 Å². The van der Waals surface area contributed by atoms with E-state index >= 15 is 0 Å². The van der Waals surface area contributed by atoms with Crippen LogP contribution in [-0.4, -0.2) is 20.6 Å². The summed E-state index contributed by atoms with van der Waals surface area (Å²) in [4.78, 5) is 26.4. The van der Waals surface area contributed by atoms with Crippen LogP contribution in [0.1, 0.15) is 22.5 Å². The second-order valence-electron chi connectivity index (χ2n) is 4.79. The molecular weight excluding hydrogens is 256 g/mol. The Balaban J connectivity index is 2.23. The molecule has 0 atom stereocenters. The molecular formula is C15H16N2O3. The van der Waals surface area contributed by atoms with Crippen LogP contribution >= 0.6 is 0 Å². The molecule has 20 heavy (non-hydrogen) atoms.